The summed E-state index contributed by atoms with van der Waals surface area (Å²) in [5.74, 6) is 1.05. The third-order valence-corrected chi connectivity index (χ3v) is 1.54. The number of rotatable bonds is 3. The molecule has 0 saturated heterocycles. The van der Waals surface area contributed by atoms with Crippen molar-refractivity contribution in [2.75, 3.05) is 27.2 Å². The number of aliphatic hydroxyl groups excluding tert-OH is 1. The molecule has 1 aliphatic carbocycles. The summed E-state index contributed by atoms with van der Waals surface area (Å²) in [7, 11) is 4.27. The van der Waals surface area contributed by atoms with Crippen molar-refractivity contribution in [3.05, 3.63) is 0 Å². The standard InChI is InChI=1S/C6H13N.C3H8O/c1-7(2)5-6-3-4-6;1-2-3-4/h6H,3-5H2,1-2H3;4H,2-3H2,1H3. The van der Waals surface area contributed by atoms with Crippen molar-refractivity contribution in [2.45, 2.75) is 26.2 Å². The highest BCUT2D eigenvalue weighted by atomic mass is 16.2. The van der Waals surface area contributed by atoms with Crippen molar-refractivity contribution in [2.24, 2.45) is 5.92 Å². The molecule has 0 aromatic rings. The average Bonchev–Trinajstić information content (AvgIpc) is 2.71. The van der Waals surface area contributed by atoms with E-state index >= 15 is 0 Å². The number of hydrogen-bond acceptors (Lipinski definition) is 2. The number of hydrogen-bond donors (Lipinski definition) is 1. The molecule has 68 valence electrons. The van der Waals surface area contributed by atoms with Crippen LogP contribution in [0.1, 0.15) is 26.2 Å². The summed E-state index contributed by atoms with van der Waals surface area (Å²) in [6.45, 7) is 3.56. The molecule has 0 aliphatic heterocycles. The predicted octanol–water partition coefficient (Wildman–Crippen LogP) is 1.35. The summed E-state index contributed by atoms with van der Waals surface area (Å²) in [6, 6.07) is 0. The van der Waals surface area contributed by atoms with Gasteiger partial charge in [0.1, 0.15) is 0 Å². The van der Waals surface area contributed by atoms with Gasteiger partial charge in [-0.2, -0.15) is 0 Å². The molecule has 0 amide bonds. The van der Waals surface area contributed by atoms with Crippen LogP contribution in [0, 0.1) is 5.92 Å². The van der Waals surface area contributed by atoms with Gasteiger partial charge in [0.25, 0.3) is 0 Å². The molecule has 1 rings (SSSR count). The van der Waals surface area contributed by atoms with Gasteiger partial charge < -0.3 is 10.0 Å². The van der Waals surface area contributed by atoms with Crippen LogP contribution in [0.15, 0.2) is 0 Å². The average molecular weight is 159 g/mol. The van der Waals surface area contributed by atoms with E-state index < -0.39 is 0 Å². The predicted molar refractivity (Wildman–Crippen MR) is 48.7 cm³/mol. The smallest absolute Gasteiger partial charge is 0.0428 e. The van der Waals surface area contributed by atoms with E-state index in [9.17, 15) is 0 Å². The van der Waals surface area contributed by atoms with Crippen LogP contribution < -0.4 is 0 Å². The lowest BCUT2D eigenvalue weighted by atomic mass is 10.4. The first kappa shape index (κ1) is 10.9. The van der Waals surface area contributed by atoms with E-state index in [0.717, 1.165) is 12.3 Å². The summed E-state index contributed by atoms with van der Waals surface area (Å²) in [4.78, 5) is 2.26. The van der Waals surface area contributed by atoms with Crippen molar-refractivity contribution in [3.63, 3.8) is 0 Å². The first-order valence-corrected chi connectivity index (χ1v) is 4.46. The molecule has 2 nitrogen and oxygen atoms in total. The Morgan fingerprint density at radius 3 is 1.91 bits per heavy atom. The van der Waals surface area contributed by atoms with Crippen LogP contribution in [-0.2, 0) is 0 Å². The Morgan fingerprint density at radius 1 is 1.36 bits per heavy atom. The summed E-state index contributed by atoms with van der Waals surface area (Å²) in [5.41, 5.74) is 0. The van der Waals surface area contributed by atoms with Gasteiger partial charge in [0.15, 0.2) is 0 Å². The molecule has 0 aromatic heterocycles. The van der Waals surface area contributed by atoms with E-state index in [1.165, 1.54) is 19.4 Å². The SMILES string of the molecule is CCCO.CN(C)CC1CC1. The molecule has 0 atom stereocenters. The molecule has 0 heterocycles. The summed E-state index contributed by atoms with van der Waals surface area (Å²) in [5, 5.41) is 7.88. The molecule has 1 N–H and O–H groups in total. The second-order valence-electron chi connectivity index (χ2n) is 3.43. The van der Waals surface area contributed by atoms with Crippen molar-refractivity contribution in [3.8, 4) is 0 Å². The lowest BCUT2D eigenvalue weighted by Gasteiger charge is -2.05. The third-order valence-electron chi connectivity index (χ3n) is 1.54. The fourth-order valence-corrected chi connectivity index (χ4v) is 0.817. The summed E-state index contributed by atoms with van der Waals surface area (Å²) < 4.78 is 0. The van der Waals surface area contributed by atoms with E-state index in [1.807, 2.05) is 6.92 Å². The van der Waals surface area contributed by atoms with Gasteiger partial charge in [-0.1, -0.05) is 6.92 Å². The second-order valence-corrected chi connectivity index (χ2v) is 3.43. The van der Waals surface area contributed by atoms with E-state index in [-0.39, 0.29) is 0 Å². The molecule has 1 aliphatic rings. The van der Waals surface area contributed by atoms with Gasteiger partial charge in [0, 0.05) is 13.2 Å². The first-order valence-electron chi connectivity index (χ1n) is 4.46. The molecule has 0 aromatic carbocycles. The number of nitrogens with zero attached hydrogens (tertiary/aromatic N) is 1. The van der Waals surface area contributed by atoms with Gasteiger partial charge in [-0.3, -0.25) is 0 Å². The van der Waals surface area contributed by atoms with Crippen LogP contribution >= 0.6 is 0 Å². The van der Waals surface area contributed by atoms with Crippen molar-refractivity contribution < 1.29 is 5.11 Å². The fraction of sp³-hybridized carbons (Fsp3) is 1.00. The largest absolute Gasteiger partial charge is 0.396 e. The zero-order valence-corrected chi connectivity index (χ0v) is 8.01. The maximum Gasteiger partial charge on any atom is 0.0428 e. The minimum absolute atomic E-state index is 0.319. The van der Waals surface area contributed by atoms with Crippen molar-refractivity contribution >= 4 is 0 Å². The Bertz CT molecular complexity index is 77.6. The highest BCUT2D eigenvalue weighted by molar-refractivity contribution is 4.74. The quantitative estimate of drug-likeness (QED) is 0.672. The summed E-state index contributed by atoms with van der Waals surface area (Å²) >= 11 is 0. The van der Waals surface area contributed by atoms with Crippen LogP contribution in [0.4, 0.5) is 0 Å². The fourth-order valence-electron chi connectivity index (χ4n) is 0.817. The zero-order valence-electron chi connectivity index (χ0n) is 8.01. The molecule has 0 radical (unpaired) electrons. The monoisotopic (exact) mass is 159 g/mol. The number of aliphatic hydroxyl groups is 1. The molecular formula is C9H21NO. The third kappa shape index (κ3) is 9.92. The first-order chi connectivity index (χ1) is 5.20. The Labute approximate surface area is 70.2 Å². The topological polar surface area (TPSA) is 23.5 Å². The molecule has 0 unspecified atom stereocenters. The Balaban J connectivity index is 0.000000218. The highest BCUT2D eigenvalue weighted by Gasteiger charge is 2.20. The molecule has 0 bridgehead atoms. The van der Waals surface area contributed by atoms with E-state index in [0.29, 0.717) is 6.61 Å². The molecular weight excluding hydrogens is 138 g/mol. The van der Waals surface area contributed by atoms with Crippen LogP contribution in [0.3, 0.4) is 0 Å². The molecule has 2 heteroatoms. The van der Waals surface area contributed by atoms with Crippen molar-refractivity contribution in [1.82, 2.24) is 4.90 Å². The summed E-state index contributed by atoms with van der Waals surface area (Å²) in [6.07, 6.45) is 3.82. The Morgan fingerprint density at radius 2 is 1.82 bits per heavy atom. The normalized spacial score (nSPS) is 16.1. The Kier molecular flexibility index (Phi) is 6.57. The van der Waals surface area contributed by atoms with E-state index in [4.69, 9.17) is 5.11 Å². The van der Waals surface area contributed by atoms with Gasteiger partial charge in [-0.25, -0.2) is 0 Å². The zero-order chi connectivity index (χ0) is 8.69. The molecule has 1 fully saturated rings. The molecule has 1 saturated carbocycles. The minimum Gasteiger partial charge on any atom is -0.396 e. The lowest BCUT2D eigenvalue weighted by molar-refractivity contribution is 0.295. The van der Waals surface area contributed by atoms with E-state index in [1.54, 1.807) is 0 Å². The van der Waals surface area contributed by atoms with E-state index in [2.05, 4.69) is 19.0 Å². The maximum absolute atomic E-state index is 7.88. The van der Waals surface area contributed by atoms with Gasteiger partial charge in [0.05, 0.1) is 0 Å². The van der Waals surface area contributed by atoms with Crippen LogP contribution in [0.2, 0.25) is 0 Å². The van der Waals surface area contributed by atoms with Gasteiger partial charge >= 0.3 is 0 Å². The Hall–Kier alpha value is -0.0800. The van der Waals surface area contributed by atoms with Crippen LogP contribution in [0.25, 0.3) is 0 Å². The molecule has 0 spiro atoms. The lowest BCUT2D eigenvalue weighted by Crippen LogP contribution is -2.14. The minimum atomic E-state index is 0.319. The molecule has 11 heavy (non-hydrogen) atoms. The highest BCUT2D eigenvalue weighted by Crippen LogP contribution is 2.28. The van der Waals surface area contributed by atoms with Crippen molar-refractivity contribution in [1.29, 1.82) is 0 Å². The van der Waals surface area contributed by atoms with Crippen LogP contribution in [0.5, 0.6) is 0 Å². The van der Waals surface area contributed by atoms with Gasteiger partial charge in [0.2, 0.25) is 0 Å². The maximum atomic E-state index is 7.88. The second kappa shape index (κ2) is 6.62. The van der Waals surface area contributed by atoms with Gasteiger partial charge in [-0.05, 0) is 39.3 Å². The van der Waals surface area contributed by atoms with Crippen LogP contribution in [-0.4, -0.2) is 37.3 Å². The van der Waals surface area contributed by atoms with Gasteiger partial charge in [-0.15, -0.1) is 0 Å².